The van der Waals surface area contributed by atoms with E-state index in [2.05, 4.69) is 15.3 Å². The highest BCUT2D eigenvalue weighted by Gasteiger charge is 2.10. The number of aromatic amines is 1. The third-order valence-corrected chi connectivity index (χ3v) is 4.01. The lowest BCUT2D eigenvalue weighted by Crippen LogP contribution is -1.94. The van der Waals surface area contributed by atoms with Crippen LogP contribution in [-0.4, -0.2) is 21.1 Å². The Morgan fingerprint density at radius 2 is 2.15 bits per heavy atom. The monoisotopic (exact) mass is 320 g/mol. The zero-order valence-corrected chi connectivity index (χ0v) is 12.5. The third-order valence-electron chi connectivity index (χ3n) is 2.61. The van der Waals surface area contributed by atoms with Crippen LogP contribution >= 0.6 is 35.2 Å². The highest BCUT2D eigenvalue weighted by atomic mass is 35.5. The minimum atomic E-state index is 0.424. The van der Waals surface area contributed by atoms with Crippen molar-refractivity contribution < 1.29 is 0 Å². The number of hydrogen-bond acceptors (Lipinski definition) is 4. The number of benzene rings is 1. The summed E-state index contributed by atoms with van der Waals surface area (Å²) in [5.74, 6) is 0.591. The number of H-pyrrole nitrogens is 1. The maximum absolute atomic E-state index is 6.19. The van der Waals surface area contributed by atoms with E-state index in [4.69, 9.17) is 23.8 Å². The van der Waals surface area contributed by atoms with Gasteiger partial charge in [-0.15, -0.1) is 11.3 Å². The molecule has 4 nitrogen and oxygen atoms in total. The molecule has 0 saturated heterocycles. The van der Waals surface area contributed by atoms with Gasteiger partial charge >= 0.3 is 0 Å². The normalized spacial score (nSPS) is 11.2. The fourth-order valence-corrected chi connectivity index (χ4v) is 2.67. The summed E-state index contributed by atoms with van der Waals surface area (Å²) in [6, 6.07) is 11.4. The van der Waals surface area contributed by atoms with Gasteiger partial charge in [0.2, 0.25) is 4.77 Å². The van der Waals surface area contributed by atoms with E-state index in [-0.39, 0.29) is 0 Å². The number of halogens is 1. The predicted octanol–water partition coefficient (Wildman–Crippen LogP) is 4.20. The Balaban J connectivity index is 2.07. The van der Waals surface area contributed by atoms with Gasteiger partial charge in [0.25, 0.3) is 0 Å². The van der Waals surface area contributed by atoms with E-state index < -0.39 is 0 Å². The van der Waals surface area contributed by atoms with Crippen molar-refractivity contribution in [3.63, 3.8) is 0 Å². The van der Waals surface area contributed by atoms with E-state index >= 15 is 0 Å². The van der Waals surface area contributed by atoms with Crippen LogP contribution < -0.4 is 0 Å². The van der Waals surface area contributed by atoms with E-state index in [1.54, 1.807) is 22.2 Å². The van der Waals surface area contributed by atoms with Crippen LogP contribution in [0.25, 0.3) is 11.4 Å². The molecular weight excluding hydrogens is 312 g/mol. The Morgan fingerprint density at radius 1 is 1.30 bits per heavy atom. The van der Waals surface area contributed by atoms with Gasteiger partial charge in [0.05, 0.1) is 11.2 Å². The van der Waals surface area contributed by atoms with Gasteiger partial charge in [0.15, 0.2) is 5.82 Å². The van der Waals surface area contributed by atoms with Gasteiger partial charge in [0, 0.05) is 10.4 Å². The number of hydrogen-bond donors (Lipinski definition) is 1. The van der Waals surface area contributed by atoms with Crippen LogP contribution in [0, 0.1) is 4.77 Å². The van der Waals surface area contributed by atoms with Crippen molar-refractivity contribution in [2.45, 2.75) is 0 Å². The van der Waals surface area contributed by atoms with Crippen LogP contribution in [0.15, 0.2) is 46.9 Å². The molecule has 3 rings (SSSR count). The molecule has 2 aromatic heterocycles. The Hall–Kier alpha value is -1.76. The summed E-state index contributed by atoms with van der Waals surface area (Å²) in [6.07, 6.45) is 1.75. The zero-order chi connectivity index (χ0) is 13.9. The minimum absolute atomic E-state index is 0.424. The van der Waals surface area contributed by atoms with E-state index in [9.17, 15) is 0 Å². The first-order valence-electron chi connectivity index (χ1n) is 5.76. The molecule has 0 aliphatic carbocycles. The quantitative estimate of drug-likeness (QED) is 0.580. The lowest BCUT2D eigenvalue weighted by molar-refractivity contribution is 0.872. The molecule has 3 aromatic rings. The maximum Gasteiger partial charge on any atom is 0.216 e. The number of nitrogens with one attached hydrogen (secondary N) is 1. The molecule has 0 unspecified atom stereocenters. The van der Waals surface area contributed by atoms with Gasteiger partial charge in [-0.3, -0.25) is 0 Å². The van der Waals surface area contributed by atoms with Crippen molar-refractivity contribution in [1.29, 1.82) is 0 Å². The van der Waals surface area contributed by atoms with Gasteiger partial charge in [-0.05, 0) is 35.8 Å². The maximum atomic E-state index is 6.19. The summed E-state index contributed by atoms with van der Waals surface area (Å²) in [6.45, 7) is 0. The fourth-order valence-electron chi connectivity index (χ4n) is 1.70. The predicted molar refractivity (Wildman–Crippen MR) is 85.2 cm³/mol. The van der Waals surface area contributed by atoms with Gasteiger partial charge in [-0.2, -0.15) is 14.9 Å². The van der Waals surface area contributed by atoms with Gasteiger partial charge < -0.3 is 0 Å². The number of aromatic nitrogens is 3. The summed E-state index contributed by atoms with van der Waals surface area (Å²) in [5.41, 5.74) is 0.782. The van der Waals surface area contributed by atoms with Crippen molar-refractivity contribution in [2.24, 2.45) is 5.10 Å². The summed E-state index contributed by atoms with van der Waals surface area (Å²) >= 11 is 13.0. The highest BCUT2D eigenvalue weighted by molar-refractivity contribution is 7.71. The lowest BCUT2D eigenvalue weighted by Gasteiger charge is -2.02. The second-order valence-electron chi connectivity index (χ2n) is 3.90. The first-order valence-corrected chi connectivity index (χ1v) is 7.42. The van der Waals surface area contributed by atoms with E-state index in [1.807, 2.05) is 41.8 Å². The molecule has 7 heteroatoms. The molecule has 0 aliphatic heterocycles. The molecule has 0 aliphatic rings. The standard InChI is InChI=1S/C13H9ClN4S2/c14-11-6-2-1-5-10(11)12-16-17-13(19)18(12)15-8-9-4-3-7-20-9/h1-8H,(H,17,19)/b15-8+. The second-order valence-corrected chi connectivity index (χ2v) is 5.68. The average Bonchev–Trinajstić information content (AvgIpc) is 3.07. The topological polar surface area (TPSA) is 46.0 Å². The average molecular weight is 321 g/mol. The molecule has 0 saturated carbocycles. The van der Waals surface area contributed by atoms with Crippen LogP contribution in [0.2, 0.25) is 5.02 Å². The molecule has 1 aromatic carbocycles. The summed E-state index contributed by atoms with van der Waals surface area (Å²) in [4.78, 5) is 1.04. The lowest BCUT2D eigenvalue weighted by atomic mass is 10.2. The number of thiophene rings is 1. The van der Waals surface area contributed by atoms with Crippen molar-refractivity contribution in [2.75, 3.05) is 0 Å². The zero-order valence-electron chi connectivity index (χ0n) is 10.2. The Labute approximate surface area is 129 Å². The third kappa shape index (κ3) is 2.58. The first kappa shape index (κ1) is 13.2. The largest absolute Gasteiger partial charge is 0.250 e. The molecule has 0 fully saturated rings. The Bertz CT molecular complexity index is 802. The molecule has 0 atom stereocenters. The van der Waals surface area contributed by atoms with Gasteiger partial charge in [0.1, 0.15) is 0 Å². The molecule has 0 bridgehead atoms. The highest BCUT2D eigenvalue weighted by Crippen LogP contribution is 2.25. The molecule has 0 spiro atoms. The molecule has 1 N–H and O–H groups in total. The molecule has 20 heavy (non-hydrogen) atoms. The molecule has 2 heterocycles. The molecule has 0 radical (unpaired) electrons. The van der Waals surface area contributed by atoms with Crippen LogP contribution in [0.5, 0.6) is 0 Å². The van der Waals surface area contributed by atoms with Crippen molar-refractivity contribution in [3.8, 4) is 11.4 Å². The van der Waals surface area contributed by atoms with Crippen LogP contribution in [-0.2, 0) is 0 Å². The minimum Gasteiger partial charge on any atom is -0.250 e. The first-order chi connectivity index (χ1) is 9.75. The number of nitrogens with zero attached hydrogens (tertiary/aromatic N) is 3. The van der Waals surface area contributed by atoms with Gasteiger partial charge in [-0.1, -0.05) is 29.8 Å². The SMILES string of the molecule is S=c1[nH]nc(-c2ccccc2Cl)n1/N=C/c1cccs1. The summed E-state index contributed by atoms with van der Waals surface area (Å²) < 4.78 is 1.99. The van der Waals surface area contributed by atoms with Crippen LogP contribution in [0.4, 0.5) is 0 Å². The Morgan fingerprint density at radius 3 is 2.90 bits per heavy atom. The van der Waals surface area contributed by atoms with E-state index in [0.717, 1.165) is 10.4 Å². The van der Waals surface area contributed by atoms with Gasteiger partial charge in [-0.25, -0.2) is 5.10 Å². The molecule has 0 amide bonds. The van der Waals surface area contributed by atoms with E-state index in [1.165, 1.54) is 0 Å². The van der Waals surface area contributed by atoms with Crippen LogP contribution in [0.1, 0.15) is 4.88 Å². The molecular formula is C13H9ClN4S2. The summed E-state index contributed by atoms with van der Waals surface area (Å²) in [7, 11) is 0. The van der Waals surface area contributed by atoms with Crippen molar-refractivity contribution >= 4 is 41.4 Å². The Kier molecular flexibility index (Phi) is 3.77. The van der Waals surface area contributed by atoms with Crippen molar-refractivity contribution in [1.82, 2.24) is 14.9 Å². The molecule has 100 valence electrons. The smallest absolute Gasteiger partial charge is 0.216 e. The second kappa shape index (κ2) is 5.70. The van der Waals surface area contributed by atoms with E-state index in [0.29, 0.717) is 15.6 Å². The van der Waals surface area contributed by atoms with Crippen molar-refractivity contribution in [3.05, 3.63) is 56.4 Å². The fraction of sp³-hybridized carbons (Fsp3) is 0. The number of rotatable bonds is 3. The van der Waals surface area contributed by atoms with Crippen LogP contribution in [0.3, 0.4) is 0 Å². The summed E-state index contributed by atoms with van der Waals surface area (Å²) in [5, 5.41) is 13.9.